The van der Waals surface area contributed by atoms with E-state index in [1.54, 1.807) is 6.07 Å². The van der Waals surface area contributed by atoms with Gasteiger partial charge in [-0.2, -0.15) is 0 Å². The maximum absolute atomic E-state index is 13.2. The normalized spacial score (nSPS) is 15.4. The van der Waals surface area contributed by atoms with Gasteiger partial charge in [0.05, 0.1) is 6.61 Å². The molecule has 2 nitrogen and oxygen atoms in total. The molecule has 14 heavy (non-hydrogen) atoms. The number of aryl methyl sites for hydroxylation is 1. The fourth-order valence-corrected chi connectivity index (χ4v) is 1.95. The molecule has 1 aromatic rings. The number of aliphatic hydroxyl groups excluding tert-OH is 1. The fraction of sp³-hybridized carbons (Fsp3) is 0.364. The van der Waals surface area contributed by atoms with Crippen LogP contribution in [0.2, 0.25) is 0 Å². The maximum Gasteiger partial charge on any atom is 0.163 e. The van der Waals surface area contributed by atoms with Crippen molar-refractivity contribution in [2.75, 3.05) is 0 Å². The number of rotatable bonds is 1. The first-order valence-electron chi connectivity index (χ1n) is 4.68. The van der Waals surface area contributed by atoms with Gasteiger partial charge in [-0.1, -0.05) is 6.07 Å². The summed E-state index contributed by atoms with van der Waals surface area (Å²) in [6.45, 7) is -0.402. The Morgan fingerprint density at radius 2 is 2.14 bits per heavy atom. The molecule has 0 aliphatic heterocycles. The largest absolute Gasteiger partial charge is 0.392 e. The zero-order valence-electron chi connectivity index (χ0n) is 7.72. The second-order valence-corrected chi connectivity index (χ2v) is 3.49. The summed E-state index contributed by atoms with van der Waals surface area (Å²) in [7, 11) is 0. The van der Waals surface area contributed by atoms with E-state index in [9.17, 15) is 9.18 Å². The van der Waals surface area contributed by atoms with Gasteiger partial charge in [0.2, 0.25) is 0 Å². The Morgan fingerprint density at radius 3 is 2.86 bits per heavy atom. The van der Waals surface area contributed by atoms with E-state index >= 15 is 0 Å². The number of aliphatic hydroxyl groups is 1. The first-order valence-corrected chi connectivity index (χ1v) is 4.68. The lowest BCUT2D eigenvalue weighted by Gasteiger charge is -2.17. The van der Waals surface area contributed by atoms with Crippen LogP contribution in [0.25, 0.3) is 0 Å². The molecule has 0 saturated carbocycles. The number of carbonyl (C=O) groups is 1. The molecular formula is C11H11FO2. The summed E-state index contributed by atoms with van der Waals surface area (Å²) in [6, 6.07) is 2.96. The Balaban J connectivity index is 2.63. The monoisotopic (exact) mass is 194 g/mol. The topological polar surface area (TPSA) is 37.3 Å². The van der Waals surface area contributed by atoms with Gasteiger partial charge in [0.1, 0.15) is 5.82 Å². The van der Waals surface area contributed by atoms with Crippen LogP contribution in [0.4, 0.5) is 4.39 Å². The number of ketones is 1. The molecule has 0 aromatic heterocycles. The molecular weight excluding hydrogens is 183 g/mol. The molecule has 0 heterocycles. The maximum atomic E-state index is 13.2. The summed E-state index contributed by atoms with van der Waals surface area (Å²) in [4.78, 5) is 11.5. The van der Waals surface area contributed by atoms with Crippen molar-refractivity contribution in [1.82, 2.24) is 0 Å². The van der Waals surface area contributed by atoms with Crippen molar-refractivity contribution >= 4 is 5.78 Å². The molecule has 3 heteroatoms. The summed E-state index contributed by atoms with van der Waals surface area (Å²) in [5.74, 6) is -0.531. The average Bonchev–Trinajstić information content (AvgIpc) is 2.19. The molecule has 0 saturated heterocycles. The van der Waals surface area contributed by atoms with Crippen molar-refractivity contribution in [2.45, 2.75) is 25.9 Å². The van der Waals surface area contributed by atoms with Crippen LogP contribution in [0.3, 0.4) is 0 Å². The van der Waals surface area contributed by atoms with E-state index in [2.05, 4.69) is 0 Å². The summed E-state index contributed by atoms with van der Waals surface area (Å²) < 4.78 is 13.2. The molecule has 0 bridgehead atoms. The summed E-state index contributed by atoms with van der Waals surface area (Å²) in [5.41, 5.74) is 1.44. The molecule has 0 fully saturated rings. The standard InChI is InChI=1S/C11H11FO2/c12-9-5-4-7-2-1-3-10(14)11(7)8(9)6-13/h4-5,13H,1-3,6H2. The van der Waals surface area contributed by atoms with Crippen LogP contribution in [0.5, 0.6) is 0 Å². The molecule has 0 amide bonds. The van der Waals surface area contributed by atoms with Crippen molar-refractivity contribution in [3.8, 4) is 0 Å². The summed E-state index contributed by atoms with van der Waals surface area (Å²) >= 11 is 0. The molecule has 2 rings (SSSR count). The van der Waals surface area contributed by atoms with Crippen molar-refractivity contribution in [3.63, 3.8) is 0 Å². The Morgan fingerprint density at radius 1 is 1.36 bits per heavy atom. The van der Waals surface area contributed by atoms with E-state index in [0.29, 0.717) is 12.0 Å². The van der Waals surface area contributed by atoms with E-state index < -0.39 is 12.4 Å². The molecule has 0 atom stereocenters. The van der Waals surface area contributed by atoms with Gasteiger partial charge in [-0.15, -0.1) is 0 Å². The van der Waals surface area contributed by atoms with Gasteiger partial charge in [0, 0.05) is 17.5 Å². The summed E-state index contributed by atoms with van der Waals surface area (Å²) in [6.07, 6.45) is 2.08. The highest BCUT2D eigenvalue weighted by Crippen LogP contribution is 2.26. The predicted octanol–water partition coefficient (Wildman–Crippen LogP) is 1.84. The van der Waals surface area contributed by atoms with Crippen LogP contribution >= 0.6 is 0 Å². The molecule has 1 N–H and O–H groups in total. The number of hydrogen-bond donors (Lipinski definition) is 1. The zero-order valence-corrected chi connectivity index (χ0v) is 7.72. The lowest BCUT2D eigenvalue weighted by Crippen LogP contribution is -2.15. The number of hydrogen-bond acceptors (Lipinski definition) is 2. The highest BCUT2D eigenvalue weighted by atomic mass is 19.1. The van der Waals surface area contributed by atoms with Crippen LogP contribution in [0.1, 0.15) is 34.3 Å². The SMILES string of the molecule is O=C1CCCc2ccc(F)c(CO)c21. The van der Waals surface area contributed by atoms with Crippen molar-refractivity contribution in [2.24, 2.45) is 0 Å². The number of carbonyl (C=O) groups excluding carboxylic acids is 1. The quantitative estimate of drug-likeness (QED) is 0.740. The van der Waals surface area contributed by atoms with Crippen LogP contribution in [-0.2, 0) is 13.0 Å². The Kier molecular flexibility index (Phi) is 2.33. The number of halogens is 1. The van der Waals surface area contributed by atoms with E-state index in [0.717, 1.165) is 18.4 Å². The number of Topliss-reactive ketones (excluding diaryl/α,β-unsaturated/α-hetero) is 1. The molecule has 0 radical (unpaired) electrons. The van der Waals surface area contributed by atoms with Gasteiger partial charge in [-0.3, -0.25) is 4.79 Å². The number of benzene rings is 1. The third-order valence-electron chi connectivity index (χ3n) is 2.63. The third-order valence-corrected chi connectivity index (χ3v) is 2.63. The van der Waals surface area contributed by atoms with E-state index in [-0.39, 0.29) is 11.3 Å². The second-order valence-electron chi connectivity index (χ2n) is 3.49. The lowest BCUT2D eigenvalue weighted by molar-refractivity contribution is 0.0968. The van der Waals surface area contributed by atoms with Gasteiger partial charge < -0.3 is 5.11 Å². The molecule has 0 unspecified atom stereocenters. The Labute approximate surface area is 81.4 Å². The first kappa shape index (κ1) is 9.34. The molecule has 1 aliphatic carbocycles. The molecule has 74 valence electrons. The minimum Gasteiger partial charge on any atom is -0.392 e. The zero-order chi connectivity index (χ0) is 10.1. The van der Waals surface area contributed by atoms with E-state index in [1.807, 2.05) is 0 Å². The highest BCUT2D eigenvalue weighted by molar-refractivity contribution is 5.99. The lowest BCUT2D eigenvalue weighted by atomic mass is 9.87. The van der Waals surface area contributed by atoms with Crippen LogP contribution < -0.4 is 0 Å². The number of fused-ring (bicyclic) bond motifs is 1. The fourth-order valence-electron chi connectivity index (χ4n) is 1.95. The third kappa shape index (κ3) is 1.34. The van der Waals surface area contributed by atoms with Gasteiger partial charge >= 0.3 is 0 Å². The summed E-state index contributed by atoms with van der Waals surface area (Å²) in [5, 5.41) is 9.00. The molecule has 1 aromatic carbocycles. The highest BCUT2D eigenvalue weighted by Gasteiger charge is 2.22. The van der Waals surface area contributed by atoms with Gasteiger partial charge in [-0.25, -0.2) is 4.39 Å². The van der Waals surface area contributed by atoms with Crippen molar-refractivity contribution in [3.05, 3.63) is 34.6 Å². The van der Waals surface area contributed by atoms with Crippen LogP contribution in [-0.4, -0.2) is 10.9 Å². The van der Waals surface area contributed by atoms with Crippen LogP contribution in [0.15, 0.2) is 12.1 Å². The van der Waals surface area contributed by atoms with Crippen molar-refractivity contribution < 1.29 is 14.3 Å². The van der Waals surface area contributed by atoms with Crippen LogP contribution in [0, 0.1) is 5.82 Å². The smallest absolute Gasteiger partial charge is 0.163 e. The predicted molar refractivity (Wildman–Crippen MR) is 49.6 cm³/mol. The van der Waals surface area contributed by atoms with Gasteiger partial charge in [0.15, 0.2) is 5.78 Å². The average molecular weight is 194 g/mol. The molecule has 0 spiro atoms. The minimum atomic E-state index is -0.485. The Bertz CT molecular complexity index is 385. The Hall–Kier alpha value is -1.22. The van der Waals surface area contributed by atoms with E-state index in [1.165, 1.54) is 6.07 Å². The van der Waals surface area contributed by atoms with Crippen molar-refractivity contribution in [1.29, 1.82) is 0 Å². The van der Waals surface area contributed by atoms with E-state index in [4.69, 9.17) is 5.11 Å². The minimum absolute atomic E-state index is 0.0465. The first-order chi connectivity index (χ1) is 6.74. The second kappa shape index (κ2) is 3.50. The molecule has 1 aliphatic rings. The van der Waals surface area contributed by atoms with Gasteiger partial charge in [-0.05, 0) is 24.5 Å². The van der Waals surface area contributed by atoms with Gasteiger partial charge in [0.25, 0.3) is 0 Å².